The summed E-state index contributed by atoms with van der Waals surface area (Å²) in [7, 11) is 0. The van der Waals surface area contributed by atoms with Gasteiger partial charge in [0.25, 0.3) is 11.8 Å². The minimum atomic E-state index is -0.441. The zero-order valence-electron chi connectivity index (χ0n) is 15.8. The summed E-state index contributed by atoms with van der Waals surface area (Å²) in [6.07, 6.45) is 4.37. The topological polar surface area (TPSA) is 109 Å². The molecule has 1 saturated heterocycles. The summed E-state index contributed by atoms with van der Waals surface area (Å²) in [5, 5.41) is 18.4. The van der Waals surface area contributed by atoms with E-state index in [4.69, 9.17) is 10.00 Å². The predicted octanol–water partition coefficient (Wildman–Crippen LogP) is 2.79. The molecule has 1 aliphatic heterocycles. The van der Waals surface area contributed by atoms with Gasteiger partial charge in [0.2, 0.25) is 0 Å². The number of nitriles is 1. The summed E-state index contributed by atoms with van der Waals surface area (Å²) >= 11 is 0. The minimum Gasteiger partial charge on any atom is -0.357 e. The first-order chi connectivity index (χ1) is 13.6. The van der Waals surface area contributed by atoms with Gasteiger partial charge in [-0.25, -0.2) is 4.68 Å². The van der Waals surface area contributed by atoms with Gasteiger partial charge in [0.05, 0.1) is 24.4 Å². The highest BCUT2D eigenvalue weighted by Gasteiger charge is 2.23. The number of aryl methyl sites for hydroxylation is 1. The molecule has 1 aromatic heterocycles. The summed E-state index contributed by atoms with van der Waals surface area (Å²) < 4.78 is 7.31. The van der Waals surface area contributed by atoms with Crippen LogP contribution in [0.15, 0.2) is 30.5 Å². The highest BCUT2D eigenvalue weighted by molar-refractivity contribution is 6.08. The Hall–Kier alpha value is -3.18. The molecule has 0 aliphatic carbocycles. The maximum absolute atomic E-state index is 12.6. The number of rotatable bonds is 6. The number of hydrogen-bond acceptors (Lipinski definition) is 5. The van der Waals surface area contributed by atoms with E-state index in [-0.39, 0.29) is 30.8 Å². The minimum absolute atomic E-state index is 0.104. The Bertz CT molecular complexity index is 876. The predicted molar refractivity (Wildman–Crippen MR) is 103 cm³/mol. The number of benzene rings is 1. The van der Waals surface area contributed by atoms with Crippen molar-refractivity contribution < 1.29 is 14.3 Å². The average molecular weight is 381 g/mol. The average Bonchev–Trinajstić information content (AvgIpc) is 3.13. The summed E-state index contributed by atoms with van der Waals surface area (Å²) in [5.74, 6) is -0.765. The van der Waals surface area contributed by atoms with Crippen molar-refractivity contribution in [3.63, 3.8) is 0 Å². The van der Waals surface area contributed by atoms with Gasteiger partial charge in [0.1, 0.15) is 6.23 Å². The van der Waals surface area contributed by atoms with E-state index in [9.17, 15) is 9.59 Å². The van der Waals surface area contributed by atoms with Gasteiger partial charge in [0.15, 0.2) is 5.69 Å². The summed E-state index contributed by atoms with van der Waals surface area (Å²) in [5.41, 5.74) is 1.96. The Labute approximate surface area is 163 Å². The quantitative estimate of drug-likeness (QED) is 0.748. The van der Waals surface area contributed by atoms with E-state index in [0.29, 0.717) is 17.9 Å². The fourth-order valence-corrected chi connectivity index (χ4v) is 2.95. The van der Waals surface area contributed by atoms with E-state index in [1.807, 2.05) is 25.1 Å². The fraction of sp³-hybridized carbons (Fsp3) is 0.400. The van der Waals surface area contributed by atoms with Crippen LogP contribution in [-0.4, -0.2) is 34.7 Å². The van der Waals surface area contributed by atoms with E-state index in [1.54, 1.807) is 23.0 Å². The van der Waals surface area contributed by atoms with Crippen molar-refractivity contribution in [2.24, 2.45) is 0 Å². The molecule has 1 atom stereocenters. The molecule has 28 heavy (non-hydrogen) atoms. The highest BCUT2D eigenvalue weighted by atomic mass is 16.5. The second-order valence-electron chi connectivity index (χ2n) is 6.68. The number of aromatic nitrogens is 2. The standard InChI is InChI=1S/C20H23N5O3/c1-14-6-8-15(9-7-14)19(26)23-16-13-25(17-5-2-3-12-28-17)24-18(16)20(27)22-11-4-10-21/h6-9,13,17H,2-5,11-12H2,1H3,(H,22,27)(H,23,26). The van der Waals surface area contributed by atoms with E-state index in [1.165, 1.54) is 0 Å². The SMILES string of the molecule is Cc1ccc(C(=O)Nc2cn(C3CCCCO3)nc2C(=O)NCCC#N)cc1. The number of carbonyl (C=O) groups excluding carboxylic acids is 2. The molecule has 2 aromatic rings. The molecular formula is C20H23N5O3. The molecule has 0 spiro atoms. The van der Waals surface area contributed by atoms with E-state index in [0.717, 1.165) is 24.8 Å². The van der Waals surface area contributed by atoms with Gasteiger partial charge >= 0.3 is 0 Å². The molecule has 0 radical (unpaired) electrons. The van der Waals surface area contributed by atoms with Crippen LogP contribution in [0.1, 0.15) is 58.3 Å². The molecule has 2 amide bonds. The molecule has 8 heteroatoms. The summed E-state index contributed by atoms with van der Waals surface area (Å²) in [4.78, 5) is 25.1. The zero-order valence-corrected chi connectivity index (χ0v) is 15.8. The molecule has 8 nitrogen and oxygen atoms in total. The van der Waals surface area contributed by atoms with Gasteiger partial charge in [-0.05, 0) is 38.3 Å². The van der Waals surface area contributed by atoms with Crippen LogP contribution in [0.3, 0.4) is 0 Å². The van der Waals surface area contributed by atoms with Crippen molar-refractivity contribution in [2.75, 3.05) is 18.5 Å². The number of amides is 2. The molecule has 1 unspecified atom stereocenters. The van der Waals surface area contributed by atoms with Crippen LogP contribution in [0.5, 0.6) is 0 Å². The molecule has 3 rings (SSSR count). The lowest BCUT2D eigenvalue weighted by Crippen LogP contribution is -2.26. The molecule has 1 fully saturated rings. The Morgan fingerprint density at radius 2 is 2.07 bits per heavy atom. The maximum atomic E-state index is 12.6. The monoisotopic (exact) mass is 381 g/mol. The second-order valence-corrected chi connectivity index (χ2v) is 6.68. The van der Waals surface area contributed by atoms with Gasteiger partial charge in [0, 0.05) is 18.7 Å². The van der Waals surface area contributed by atoms with Crippen molar-refractivity contribution in [2.45, 2.75) is 38.8 Å². The Balaban J connectivity index is 1.82. The Kier molecular flexibility index (Phi) is 6.40. The van der Waals surface area contributed by atoms with Gasteiger partial charge in [-0.2, -0.15) is 10.4 Å². The zero-order chi connectivity index (χ0) is 19.9. The van der Waals surface area contributed by atoms with Crippen LogP contribution in [0.25, 0.3) is 0 Å². The lowest BCUT2D eigenvalue weighted by atomic mass is 10.1. The molecule has 146 valence electrons. The number of ether oxygens (including phenoxy) is 1. The molecule has 2 N–H and O–H groups in total. The lowest BCUT2D eigenvalue weighted by molar-refractivity contribution is -0.0395. The van der Waals surface area contributed by atoms with E-state index in [2.05, 4.69) is 15.7 Å². The van der Waals surface area contributed by atoms with Crippen LogP contribution in [0.4, 0.5) is 5.69 Å². The van der Waals surface area contributed by atoms with Gasteiger partial charge < -0.3 is 15.4 Å². The van der Waals surface area contributed by atoms with Crippen LogP contribution in [0.2, 0.25) is 0 Å². The van der Waals surface area contributed by atoms with Gasteiger partial charge in [-0.3, -0.25) is 9.59 Å². The fourth-order valence-electron chi connectivity index (χ4n) is 2.95. The molecular weight excluding hydrogens is 358 g/mol. The van der Waals surface area contributed by atoms with Crippen molar-refractivity contribution in [3.05, 3.63) is 47.3 Å². The first kappa shape index (κ1) is 19.6. The van der Waals surface area contributed by atoms with Crippen molar-refractivity contribution in [1.82, 2.24) is 15.1 Å². The van der Waals surface area contributed by atoms with Gasteiger partial charge in [-0.1, -0.05) is 17.7 Å². The van der Waals surface area contributed by atoms with Gasteiger partial charge in [-0.15, -0.1) is 0 Å². The maximum Gasteiger partial charge on any atom is 0.273 e. The van der Waals surface area contributed by atoms with E-state index >= 15 is 0 Å². The van der Waals surface area contributed by atoms with Crippen LogP contribution >= 0.6 is 0 Å². The summed E-state index contributed by atoms with van der Waals surface area (Å²) in [6, 6.07) is 9.13. The lowest BCUT2D eigenvalue weighted by Gasteiger charge is -2.22. The van der Waals surface area contributed by atoms with Crippen LogP contribution in [0, 0.1) is 18.3 Å². The second kappa shape index (κ2) is 9.15. The number of carbonyl (C=O) groups is 2. The van der Waals surface area contributed by atoms with Crippen molar-refractivity contribution in [1.29, 1.82) is 5.26 Å². The molecule has 0 saturated carbocycles. The number of nitrogens with one attached hydrogen (secondary N) is 2. The first-order valence-corrected chi connectivity index (χ1v) is 9.32. The van der Waals surface area contributed by atoms with E-state index < -0.39 is 5.91 Å². The molecule has 1 aromatic carbocycles. The normalized spacial score (nSPS) is 16.2. The number of anilines is 1. The number of hydrogen-bond donors (Lipinski definition) is 2. The third kappa shape index (κ3) is 4.75. The third-order valence-corrected chi connectivity index (χ3v) is 4.48. The van der Waals surface area contributed by atoms with Crippen molar-refractivity contribution in [3.8, 4) is 6.07 Å². The largest absolute Gasteiger partial charge is 0.357 e. The van der Waals surface area contributed by atoms with Crippen LogP contribution in [-0.2, 0) is 4.74 Å². The van der Waals surface area contributed by atoms with Crippen LogP contribution < -0.4 is 10.6 Å². The molecule has 0 bridgehead atoms. The summed E-state index contributed by atoms with van der Waals surface area (Å²) in [6.45, 7) is 2.80. The molecule has 2 heterocycles. The molecule has 1 aliphatic rings. The highest BCUT2D eigenvalue weighted by Crippen LogP contribution is 2.25. The Morgan fingerprint density at radius 1 is 1.29 bits per heavy atom. The number of nitrogens with zero attached hydrogens (tertiary/aromatic N) is 3. The first-order valence-electron chi connectivity index (χ1n) is 9.32. The smallest absolute Gasteiger partial charge is 0.273 e. The third-order valence-electron chi connectivity index (χ3n) is 4.48. The Morgan fingerprint density at radius 3 is 2.75 bits per heavy atom. The van der Waals surface area contributed by atoms with Crippen molar-refractivity contribution >= 4 is 17.5 Å².